The maximum absolute atomic E-state index is 12.8. The number of carboxylic acids is 1. The van der Waals surface area contributed by atoms with Crippen LogP contribution in [0, 0.1) is 0 Å². The molecule has 0 aromatic carbocycles. The predicted octanol–water partition coefficient (Wildman–Crippen LogP) is 4.36. The van der Waals surface area contributed by atoms with E-state index in [4.69, 9.17) is 0 Å². The van der Waals surface area contributed by atoms with Crippen molar-refractivity contribution in [1.29, 1.82) is 0 Å². The molecule has 0 bridgehead atoms. The number of carbonyl (C=O) groups excluding carboxylic acids is 3. The standard InChI is InChI=1S/C29H51N5O5S/c1-3-4-5-6-7-8-9-10-11-12-13-14-15-16-26(35)31-21-27(36)33-25(19-23-20-30-22-32-23)28(37)34-24(29(38)39)17-18-40-2/h20,22,24-25H,3-19,21H2,1-2H3,(H,30,32)(H,31,35)(H,33,36)(H,34,37)(H,38,39). The molecule has 11 heteroatoms. The van der Waals surface area contributed by atoms with Crippen molar-refractivity contribution in [2.24, 2.45) is 0 Å². The van der Waals surface area contributed by atoms with E-state index in [0.29, 0.717) is 17.9 Å². The quantitative estimate of drug-likeness (QED) is 0.108. The van der Waals surface area contributed by atoms with Crippen LogP contribution in [-0.2, 0) is 25.6 Å². The number of imidazole rings is 1. The van der Waals surface area contributed by atoms with Gasteiger partial charge in [-0.3, -0.25) is 14.4 Å². The van der Waals surface area contributed by atoms with Gasteiger partial charge in [-0.2, -0.15) is 11.8 Å². The van der Waals surface area contributed by atoms with E-state index in [-0.39, 0.29) is 25.3 Å². The molecule has 0 saturated carbocycles. The van der Waals surface area contributed by atoms with Crippen molar-refractivity contribution in [3.05, 3.63) is 18.2 Å². The zero-order valence-electron chi connectivity index (χ0n) is 24.5. The number of hydrogen-bond donors (Lipinski definition) is 5. The maximum Gasteiger partial charge on any atom is 0.326 e. The summed E-state index contributed by atoms with van der Waals surface area (Å²) in [7, 11) is 0. The van der Waals surface area contributed by atoms with Gasteiger partial charge >= 0.3 is 5.97 Å². The van der Waals surface area contributed by atoms with Crippen LogP contribution in [0.5, 0.6) is 0 Å². The molecule has 5 N–H and O–H groups in total. The summed E-state index contributed by atoms with van der Waals surface area (Å²) in [6.45, 7) is 1.99. The van der Waals surface area contributed by atoms with Gasteiger partial charge in [-0.05, 0) is 24.9 Å². The maximum atomic E-state index is 12.8. The number of aliphatic carboxylic acids is 1. The van der Waals surface area contributed by atoms with E-state index < -0.39 is 29.9 Å². The van der Waals surface area contributed by atoms with E-state index >= 15 is 0 Å². The van der Waals surface area contributed by atoms with Crippen LogP contribution in [0.2, 0.25) is 0 Å². The molecule has 1 aromatic heterocycles. The van der Waals surface area contributed by atoms with E-state index in [1.165, 1.54) is 82.3 Å². The van der Waals surface area contributed by atoms with Gasteiger partial charge in [-0.1, -0.05) is 84.0 Å². The number of rotatable bonds is 25. The Morgan fingerprint density at radius 3 is 2.00 bits per heavy atom. The second-order valence-corrected chi connectivity index (χ2v) is 11.3. The summed E-state index contributed by atoms with van der Waals surface area (Å²) in [5.74, 6) is -1.89. The van der Waals surface area contributed by atoms with Crippen molar-refractivity contribution in [2.45, 2.75) is 122 Å². The van der Waals surface area contributed by atoms with Crippen LogP contribution in [-0.4, -0.2) is 69.4 Å². The van der Waals surface area contributed by atoms with Crippen molar-refractivity contribution in [1.82, 2.24) is 25.9 Å². The SMILES string of the molecule is CCCCCCCCCCCCCCCC(=O)NCC(=O)NC(Cc1c[nH]cn1)C(=O)NC(CCSC)C(=O)O. The molecule has 0 saturated heterocycles. The van der Waals surface area contributed by atoms with Gasteiger partial charge in [-0.15, -0.1) is 0 Å². The van der Waals surface area contributed by atoms with E-state index in [0.717, 1.165) is 19.3 Å². The third-order valence-corrected chi connectivity index (χ3v) is 7.44. The molecular formula is C29H51N5O5S. The summed E-state index contributed by atoms with van der Waals surface area (Å²) in [6.07, 6.45) is 21.6. The molecular weight excluding hydrogens is 530 g/mol. The largest absolute Gasteiger partial charge is 0.480 e. The zero-order chi connectivity index (χ0) is 29.4. The summed E-state index contributed by atoms with van der Waals surface area (Å²) in [5, 5.41) is 17.2. The monoisotopic (exact) mass is 581 g/mol. The van der Waals surface area contributed by atoms with Gasteiger partial charge < -0.3 is 26.0 Å². The minimum Gasteiger partial charge on any atom is -0.480 e. The Labute approximate surface area is 244 Å². The average molecular weight is 582 g/mol. The van der Waals surface area contributed by atoms with E-state index in [9.17, 15) is 24.3 Å². The predicted molar refractivity (Wildman–Crippen MR) is 160 cm³/mol. The lowest BCUT2D eigenvalue weighted by atomic mass is 10.0. The summed E-state index contributed by atoms with van der Waals surface area (Å²) >= 11 is 1.48. The van der Waals surface area contributed by atoms with Crippen LogP contribution in [0.25, 0.3) is 0 Å². The van der Waals surface area contributed by atoms with E-state index in [1.54, 1.807) is 6.20 Å². The smallest absolute Gasteiger partial charge is 0.326 e. The fourth-order valence-electron chi connectivity index (χ4n) is 4.40. The minimum absolute atomic E-state index is 0.0862. The van der Waals surface area contributed by atoms with Crippen molar-refractivity contribution in [2.75, 3.05) is 18.6 Å². The molecule has 1 aromatic rings. The molecule has 0 aliphatic heterocycles. The highest BCUT2D eigenvalue weighted by Gasteiger charge is 2.27. The first kappa shape index (κ1) is 35.5. The lowest BCUT2D eigenvalue weighted by Gasteiger charge is -2.21. The highest BCUT2D eigenvalue weighted by atomic mass is 32.2. The molecule has 1 heterocycles. The second-order valence-electron chi connectivity index (χ2n) is 10.3. The molecule has 40 heavy (non-hydrogen) atoms. The minimum atomic E-state index is -1.13. The molecule has 1 rings (SSSR count). The Hall–Kier alpha value is -2.56. The second kappa shape index (κ2) is 23.2. The third-order valence-electron chi connectivity index (χ3n) is 6.80. The van der Waals surface area contributed by atoms with Gasteiger partial charge in [0.2, 0.25) is 17.7 Å². The fourth-order valence-corrected chi connectivity index (χ4v) is 4.87. The molecule has 2 atom stereocenters. The first-order valence-corrected chi connectivity index (χ1v) is 16.3. The van der Waals surface area contributed by atoms with Crippen molar-refractivity contribution >= 4 is 35.5 Å². The molecule has 10 nitrogen and oxygen atoms in total. The zero-order valence-corrected chi connectivity index (χ0v) is 25.3. The third kappa shape index (κ3) is 17.9. The van der Waals surface area contributed by atoms with Gasteiger partial charge in [0.1, 0.15) is 12.1 Å². The summed E-state index contributed by atoms with van der Waals surface area (Å²) < 4.78 is 0. The van der Waals surface area contributed by atoms with E-state index in [1.807, 2.05) is 6.26 Å². The lowest BCUT2D eigenvalue weighted by molar-refractivity contribution is -0.142. The normalized spacial score (nSPS) is 12.4. The van der Waals surface area contributed by atoms with Gasteiger partial charge in [0.25, 0.3) is 0 Å². The highest BCUT2D eigenvalue weighted by Crippen LogP contribution is 2.13. The molecule has 0 aliphatic rings. The Balaban J connectivity index is 2.28. The number of unbranched alkanes of at least 4 members (excludes halogenated alkanes) is 12. The Bertz CT molecular complexity index is 837. The number of carbonyl (C=O) groups is 4. The van der Waals surface area contributed by atoms with Crippen LogP contribution in [0.15, 0.2) is 12.5 Å². The number of nitrogens with one attached hydrogen (secondary N) is 4. The lowest BCUT2D eigenvalue weighted by Crippen LogP contribution is -2.54. The van der Waals surface area contributed by atoms with Gasteiger partial charge in [0.15, 0.2) is 0 Å². The van der Waals surface area contributed by atoms with Crippen molar-refractivity contribution in [3.8, 4) is 0 Å². The number of hydrogen-bond acceptors (Lipinski definition) is 6. The summed E-state index contributed by atoms with van der Waals surface area (Å²) in [4.78, 5) is 56.0. The topological polar surface area (TPSA) is 153 Å². The van der Waals surface area contributed by atoms with E-state index in [2.05, 4.69) is 32.8 Å². The number of aromatic amines is 1. The van der Waals surface area contributed by atoms with Crippen LogP contribution >= 0.6 is 11.8 Å². The first-order valence-electron chi connectivity index (χ1n) is 14.9. The van der Waals surface area contributed by atoms with Crippen molar-refractivity contribution in [3.63, 3.8) is 0 Å². The molecule has 0 fully saturated rings. The molecule has 0 spiro atoms. The number of aromatic nitrogens is 2. The Morgan fingerprint density at radius 1 is 0.875 bits per heavy atom. The molecule has 3 amide bonds. The number of nitrogens with zero attached hydrogens (tertiary/aromatic N) is 1. The Morgan fingerprint density at radius 2 is 1.48 bits per heavy atom. The van der Waals surface area contributed by atoms with Crippen LogP contribution in [0.4, 0.5) is 0 Å². The average Bonchev–Trinajstić information content (AvgIpc) is 3.45. The first-order chi connectivity index (χ1) is 19.4. The number of thioether (sulfide) groups is 1. The van der Waals surface area contributed by atoms with Crippen LogP contribution in [0.1, 0.15) is 109 Å². The molecule has 228 valence electrons. The Kier molecular flexibility index (Phi) is 20.5. The molecule has 2 unspecified atom stereocenters. The summed E-state index contributed by atoms with van der Waals surface area (Å²) in [5.41, 5.74) is 0.544. The van der Waals surface area contributed by atoms with Gasteiger partial charge in [-0.25, -0.2) is 9.78 Å². The number of amides is 3. The fraction of sp³-hybridized carbons (Fsp3) is 0.759. The van der Waals surface area contributed by atoms with Crippen LogP contribution in [0.3, 0.4) is 0 Å². The summed E-state index contributed by atoms with van der Waals surface area (Å²) in [6, 6.07) is -2.08. The highest BCUT2D eigenvalue weighted by molar-refractivity contribution is 7.98. The molecule has 0 radical (unpaired) electrons. The van der Waals surface area contributed by atoms with Gasteiger partial charge in [0.05, 0.1) is 18.6 Å². The van der Waals surface area contributed by atoms with Crippen molar-refractivity contribution < 1.29 is 24.3 Å². The molecule has 0 aliphatic carbocycles. The number of carboxylic acid groups (broad SMARTS) is 1. The van der Waals surface area contributed by atoms with Gasteiger partial charge in [0, 0.05) is 19.0 Å². The number of H-pyrrole nitrogens is 1. The van der Waals surface area contributed by atoms with Crippen LogP contribution < -0.4 is 16.0 Å².